The molecule has 3 rings (SSSR count). The Labute approximate surface area is 174 Å². The number of nitrogens with one attached hydrogen (secondary N) is 1. The Bertz CT molecular complexity index is 999. The van der Waals surface area contributed by atoms with E-state index in [2.05, 4.69) is 5.32 Å². The highest BCUT2D eigenvalue weighted by Crippen LogP contribution is 2.22. The van der Waals surface area contributed by atoms with Crippen LogP contribution in [-0.2, 0) is 14.8 Å². The van der Waals surface area contributed by atoms with Gasteiger partial charge in [0.25, 0.3) is 11.6 Å². The first kappa shape index (κ1) is 21.7. The zero-order valence-corrected chi connectivity index (χ0v) is 17.1. The van der Waals surface area contributed by atoms with Gasteiger partial charge in [0.15, 0.2) is 6.61 Å². The summed E-state index contributed by atoms with van der Waals surface area (Å²) in [4.78, 5) is 22.5. The maximum Gasteiger partial charge on any atom is 0.273 e. The molecule has 0 unspecified atom stereocenters. The zero-order chi connectivity index (χ0) is 21.6. The Morgan fingerprint density at radius 2 is 1.73 bits per heavy atom. The van der Waals surface area contributed by atoms with Gasteiger partial charge in [-0.2, -0.15) is 4.31 Å². The predicted molar refractivity (Wildman–Crippen MR) is 111 cm³/mol. The number of nitro groups is 1. The summed E-state index contributed by atoms with van der Waals surface area (Å²) in [6.45, 7) is 0.709. The summed E-state index contributed by atoms with van der Waals surface area (Å²) in [7, 11) is -3.55. The maximum absolute atomic E-state index is 12.8. The largest absolute Gasteiger partial charge is 0.484 e. The molecule has 0 aromatic heterocycles. The van der Waals surface area contributed by atoms with Crippen LogP contribution in [0, 0.1) is 10.1 Å². The third kappa shape index (κ3) is 5.55. The van der Waals surface area contributed by atoms with E-state index in [4.69, 9.17) is 4.74 Å². The van der Waals surface area contributed by atoms with Gasteiger partial charge in [-0.15, -0.1) is 0 Å². The van der Waals surface area contributed by atoms with Gasteiger partial charge in [-0.25, -0.2) is 8.42 Å². The molecule has 0 saturated carbocycles. The van der Waals surface area contributed by atoms with Crippen molar-refractivity contribution in [1.82, 2.24) is 4.31 Å². The summed E-state index contributed by atoms with van der Waals surface area (Å²) in [5.41, 5.74) is 0.298. The molecule has 2 aromatic carbocycles. The van der Waals surface area contributed by atoms with Crippen LogP contribution in [-0.4, -0.2) is 43.2 Å². The van der Waals surface area contributed by atoms with Gasteiger partial charge < -0.3 is 10.1 Å². The van der Waals surface area contributed by atoms with E-state index in [-0.39, 0.29) is 22.9 Å². The van der Waals surface area contributed by atoms with Crippen molar-refractivity contribution in [2.45, 2.75) is 30.6 Å². The molecule has 30 heavy (non-hydrogen) atoms. The fourth-order valence-corrected chi connectivity index (χ4v) is 4.69. The van der Waals surface area contributed by atoms with Crippen molar-refractivity contribution in [3.8, 4) is 5.75 Å². The molecule has 1 amide bonds. The minimum Gasteiger partial charge on any atom is -0.484 e. The lowest BCUT2D eigenvalue weighted by molar-refractivity contribution is -0.384. The number of anilines is 1. The molecule has 0 spiro atoms. The molecule has 2 aromatic rings. The molecular weight excluding hydrogens is 410 g/mol. The number of amides is 1. The fourth-order valence-electron chi connectivity index (χ4n) is 3.17. The number of carbonyl (C=O) groups is 1. The highest BCUT2D eigenvalue weighted by molar-refractivity contribution is 7.89. The molecule has 1 aliphatic heterocycles. The van der Waals surface area contributed by atoms with Crippen LogP contribution in [0.2, 0.25) is 0 Å². The van der Waals surface area contributed by atoms with Gasteiger partial charge in [-0.1, -0.05) is 18.9 Å². The molecule has 0 radical (unpaired) electrons. The van der Waals surface area contributed by atoms with Crippen LogP contribution in [0.15, 0.2) is 53.4 Å². The van der Waals surface area contributed by atoms with Crippen molar-refractivity contribution in [1.29, 1.82) is 0 Å². The number of benzene rings is 2. The number of non-ortho nitro benzene ring substituents is 1. The van der Waals surface area contributed by atoms with Crippen LogP contribution >= 0.6 is 0 Å². The summed E-state index contributed by atoms with van der Waals surface area (Å²) >= 11 is 0. The lowest BCUT2D eigenvalue weighted by atomic mass is 10.2. The van der Waals surface area contributed by atoms with Crippen molar-refractivity contribution < 1.29 is 22.9 Å². The third-order valence-electron chi connectivity index (χ3n) is 4.74. The molecule has 1 fully saturated rings. The summed E-state index contributed by atoms with van der Waals surface area (Å²) in [6.07, 6.45) is 3.79. The van der Waals surface area contributed by atoms with E-state index in [1.165, 1.54) is 52.8 Å². The first-order valence-corrected chi connectivity index (χ1v) is 11.1. The monoisotopic (exact) mass is 433 g/mol. The second-order valence-corrected chi connectivity index (χ2v) is 8.87. The van der Waals surface area contributed by atoms with E-state index in [0.717, 1.165) is 25.7 Å². The second-order valence-electron chi connectivity index (χ2n) is 6.93. The number of nitrogens with zero attached hydrogens (tertiary/aromatic N) is 2. The number of sulfonamides is 1. The molecule has 9 nitrogen and oxygen atoms in total. The number of nitro benzene ring substituents is 1. The summed E-state index contributed by atoms with van der Waals surface area (Å²) in [5, 5.41) is 13.4. The molecular formula is C20H23N3O6S. The molecule has 0 bridgehead atoms. The molecule has 1 saturated heterocycles. The first-order chi connectivity index (χ1) is 14.4. The second kappa shape index (κ2) is 9.68. The van der Waals surface area contributed by atoms with Crippen LogP contribution in [0.5, 0.6) is 5.75 Å². The molecule has 160 valence electrons. The summed E-state index contributed by atoms with van der Waals surface area (Å²) in [5.74, 6) is -0.261. The maximum atomic E-state index is 12.8. The number of ether oxygens (including phenoxy) is 1. The van der Waals surface area contributed by atoms with Gasteiger partial charge in [0.1, 0.15) is 5.75 Å². The Morgan fingerprint density at radius 3 is 2.37 bits per heavy atom. The van der Waals surface area contributed by atoms with Gasteiger partial charge in [0, 0.05) is 24.8 Å². The topological polar surface area (TPSA) is 119 Å². The van der Waals surface area contributed by atoms with Crippen LogP contribution in [0.25, 0.3) is 0 Å². The Kier molecular flexibility index (Phi) is 7.01. The van der Waals surface area contributed by atoms with Crippen LogP contribution in [0.3, 0.4) is 0 Å². The summed E-state index contributed by atoms with van der Waals surface area (Å²) < 4.78 is 32.4. The minimum atomic E-state index is -3.55. The predicted octanol–water partition coefficient (Wildman–Crippen LogP) is 3.18. The number of hydrogen-bond acceptors (Lipinski definition) is 6. The van der Waals surface area contributed by atoms with Gasteiger partial charge in [0.05, 0.1) is 15.9 Å². The van der Waals surface area contributed by atoms with Crippen molar-refractivity contribution >= 4 is 27.3 Å². The number of rotatable bonds is 7. The van der Waals surface area contributed by atoms with Crippen LogP contribution in [0.1, 0.15) is 25.7 Å². The quantitative estimate of drug-likeness (QED) is 0.529. The lowest BCUT2D eigenvalue weighted by Crippen LogP contribution is -2.31. The fraction of sp³-hybridized carbons (Fsp3) is 0.350. The zero-order valence-electron chi connectivity index (χ0n) is 16.3. The van der Waals surface area contributed by atoms with E-state index in [1.807, 2.05) is 0 Å². The SMILES string of the molecule is O=C(COc1cccc([N+](=O)[O-])c1)Nc1ccc(S(=O)(=O)N2CCCCCC2)cc1. The first-order valence-electron chi connectivity index (χ1n) is 9.63. The van der Waals surface area contributed by atoms with E-state index < -0.39 is 20.9 Å². The highest BCUT2D eigenvalue weighted by atomic mass is 32.2. The van der Waals surface area contributed by atoms with E-state index in [1.54, 1.807) is 0 Å². The van der Waals surface area contributed by atoms with Gasteiger partial charge in [-0.3, -0.25) is 14.9 Å². The van der Waals surface area contributed by atoms with E-state index in [0.29, 0.717) is 18.8 Å². The normalized spacial score (nSPS) is 15.2. The third-order valence-corrected chi connectivity index (χ3v) is 6.65. The molecule has 0 atom stereocenters. The number of carbonyl (C=O) groups excluding carboxylic acids is 1. The lowest BCUT2D eigenvalue weighted by Gasteiger charge is -2.20. The van der Waals surface area contributed by atoms with Gasteiger partial charge in [-0.05, 0) is 43.2 Å². The van der Waals surface area contributed by atoms with Crippen LogP contribution in [0.4, 0.5) is 11.4 Å². The average Bonchev–Trinajstić information content (AvgIpc) is 3.03. The molecule has 1 heterocycles. The van der Waals surface area contributed by atoms with E-state index in [9.17, 15) is 23.3 Å². The molecule has 1 N–H and O–H groups in total. The number of hydrogen-bond donors (Lipinski definition) is 1. The highest BCUT2D eigenvalue weighted by Gasteiger charge is 2.25. The summed E-state index contributed by atoms with van der Waals surface area (Å²) in [6, 6.07) is 11.5. The Hall–Kier alpha value is -2.98. The molecule has 1 aliphatic rings. The van der Waals surface area contributed by atoms with Crippen molar-refractivity contribution in [2.24, 2.45) is 0 Å². The molecule has 10 heteroatoms. The van der Waals surface area contributed by atoms with E-state index >= 15 is 0 Å². The Morgan fingerprint density at radius 1 is 1.07 bits per heavy atom. The minimum absolute atomic E-state index is 0.130. The van der Waals surface area contributed by atoms with Gasteiger partial charge in [0.2, 0.25) is 10.0 Å². The standard InChI is InChI=1S/C20H23N3O6S/c24-20(15-29-18-7-5-6-17(14-18)23(25)26)21-16-8-10-19(11-9-16)30(27,28)22-12-3-1-2-4-13-22/h5-11,14H,1-4,12-13,15H2,(H,21,24). The average molecular weight is 433 g/mol. The smallest absolute Gasteiger partial charge is 0.273 e. The van der Waals surface area contributed by atoms with Crippen LogP contribution < -0.4 is 10.1 Å². The van der Waals surface area contributed by atoms with Crippen molar-refractivity contribution in [2.75, 3.05) is 25.0 Å². The Balaban J connectivity index is 1.58. The van der Waals surface area contributed by atoms with Crippen molar-refractivity contribution in [3.63, 3.8) is 0 Å². The molecule has 0 aliphatic carbocycles. The van der Waals surface area contributed by atoms with Gasteiger partial charge >= 0.3 is 0 Å². The van der Waals surface area contributed by atoms with Crippen molar-refractivity contribution in [3.05, 3.63) is 58.6 Å².